The van der Waals surface area contributed by atoms with E-state index >= 15 is 0 Å². The molecule has 132 valence electrons. The number of nitrogens with zero attached hydrogens (tertiary/aromatic N) is 1. The molecule has 1 N–H and O–H groups in total. The number of hydrogen-bond acceptors (Lipinski definition) is 4. The summed E-state index contributed by atoms with van der Waals surface area (Å²) in [5.74, 6) is -0.525. The minimum absolute atomic E-state index is 0.0533. The monoisotopic (exact) mass is 331 g/mol. The molecular formula is C20H29NO3. The molecule has 1 aliphatic carbocycles. The molecule has 0 aromatic heterocycles. The smallest absolute Gasteiger partial charge is 0.343 e. The van der Waals surface area contributed by atoms with E-state index in [1.165, 1.54) is 6.42 Å². The minimum Gasteiger partial charge on any atom is -0.462 e. The van der Waals surface area contributed by atoms with Crippen molar-refractivity contribution in [1.29, 1.82) is 0 Å². The van der Waals surface area contributed by atoms with E-state index < -0.39 is 11.6 Å². The van der Waals surface area contributed by atoms with Gasteiger partial charge >= 0.3 is 5.97 Å². The third kappa shape index (κ3) is 3.50. The number of aliphatic hydroxyl groups is 1. The topological polar surface area (TPSA) is 49.8 Å². The van der Waals surface area contributed by atoms with Crippen LogP contribution in [-0.2, 0) is 15.1 Å². The number of carbonyl (C=O) groups is 1. The number of ether oxygens (including phenoxy) is 1. The summed E-state index contributed by atoms with van der Waals surface area (Å²) >= 11 is 0. The fraction of sp³-hybridized carbons (Fsp3) is 0.650. The molecule has 0 spiro atoms. The summed E-state index contributed by atoms with van der Waals surface area (Å²) in [6, 6.07) is 9.63. The second kappa shape index (κ2) is 7.66. The average molecular weight is 331 g/mol. The predicted molar refractivity (Wildman–Crippen MR) is 93.5 cm³/mol. The highest BCUT2D eigenvalue weighted by Gasteiger charge is 2.47. The maximum absolute atomic E-state index is 12.9. The van der Waals surface area contributed by atoms with Gasteiger partial charge in [0.15, 0.2) is 5.60 Å². The van der Waals surface area contributed by atoms with Crippen molar-refractivity contribution < 1.29 is 14.6 Å². The lowest BCUT2D eigenvalue weighted by Gasteiger charge is -2.37. The van der Waals surface area contributed by atoms with Crippen LogP contribution < -0.4 is 0 Å². The average Bonchev–Trinajstić information content (AvgIpc) is 3.05. The largest absolute Gasteiger partial charge is 0.462 e. The second-order valence-corrected chi connectivity index (χ2v) is 7.34. The van der Waals surface area contributed by atoms with E-state index in [1.807, 2.05) is 30.3 Å². The molecule has 1 saturated heterocycles. The molecule has 2 unspecified atom stereocenters. The van der Waals surface area contributed by atoms with Gasteiger partial charge in [-0.25, -0.2) is 4.79 Å². The van der Waals surface area contributed by atoms with E-state index in [0.717, 1.165) is 45.1 Å². The number of hydrogen-bond donors (Lipinski definition) is 1. The molecule has 2 atom stereocenters. The van der Waals surface area contributed by atoms with Crippen molar-refractivity contribution >= 4 is 5.97 Å². The van der Waals surface area contributed by atoms with Gasteiger partial charge in [-0.2, -0.15) is 0 Å². The quantitative estimate of drug-likeness (QED) is 0.843. The highest BCUT2D eigenvalue weighted by atomic mass is 16.6. The summed E-state index contributed by atoms with van der Waals surface area (Å²) in [6.07, 6.45) is 7.27. The standard InChI is InChI=1S/C20H29NO3/c1-21-14-8-13-18(21)15-24-19(22)20(23,16-9-4-2-5-10-16)17-11-6-3-7-12-17/h2,4-5,9-10,17-18,23H,3,6-8,11-15H2,1H3. The molecule has 1 saturated carbocycles. The molecule has 1 aromatic carbocycles. The molecule has 1 aromatic rings. The van der Waals surface area contributed by atoms with E-state index in [1.54, 1.807) is 0 Å². The summed E-state index contributed by atoms with van der Waals surface area (Å²) in [7, 11) is 2.07. The van der Waals surface area contributed by atoms with Crippen molar-refractivity contribution in [3.05, 3.63) is 35.9 Å². The molecular weight excluding hydrogens is 302 g/mol. The van der Waals surface area contributed by atoms with E-state index in [4.69, 9.17) is 4.74 Å². The van der Waals surface area contributed by atoms with Gasteiger partial charge in [-0.05, 0) is 44.8 Å². The van der Waals surface area contributed by atoms with Gasteiger partial charge in [0.05, 0.1) is 0 Å². The first-order valence-electron chi connectivity index (χ1n) is 9.27. The number of esters is 1. The van der Waals surface area contributed by atoms with E-state index in [2.05, 4.69) is 11.9 Å². The number of likely N-dealkylation sites (N-methyl/N-ethyl adjacent to an activating group) is 1. The van der Waals surface area contributed by atoms with Gasteiger partial charge in [0, 0.05) is 12.0 Å². The van der Waals surface area contributed by atoms with Crippen LogP contribution in [0.3, 0.4) is 0 Å². The molecule has 1 aliphatic heterocycles. The summed E-state index contributed by atoms with van der Waals surface area (Å²) in [4.78, 5) is 15.2. The lowest BCUT2D eigenvalue weighted by atomic mass is 9.73. The number of likely N-dealkylation sites (tertiary alicyclic amines) is 1. The van der Waals surface area contributed by atoms with Crippen LogP contribution in [0.1, 0.15) is 50.5 Å². The molecule has 2 fully saturated rings. The van der Waals surface area contributed by atoms with Gasteiger partial charge in [0.1, 0.15) is 6.61 Å². The Bertz CT molecular complexity index is 541. The summed E-state index contributed by atoms with van der Waals surface area (Å²) in [6.45, 7) is 1.42. The summed E-state index contributed by atoms with van der Waals surface area (Å²) in [5.41, 5.74) is -0.847. The van der Waals surface area contributed by atoms with Crippen LogP contribution in [0.4, 0.5) is 0 Å². The Morgan fingerprint density at radius 3 is 2.50 bits per heavy atom. The third-order valence-electron chi connectivity index (χ3n) is 5.80. The number of carbonyl (C=O) groups excluding carboxylic acids is 1. The predicted octanol–water partition coefficient (Wildman–Crippen LogP) is 3.09. The molecule has 4 heteroatoms. The van der Waals surface area contributed by atoms with Gasteiger partial charge in [-0.3, -0.25) is 0 Å². The minimum atomic E-state index is -1.52. The van der Waals surface area contributed by atoms with Crippen LogP contribution in [0.25, 0.3) is 0 Å². The first kappa shape index (κ1) is 17.4. The number of benzene rings is 1. The Kier molecular flexibility index (Phi) is 5.57. The highest BCUT2D eigenvalue weighted by Crippen LogP contribution is 2.40. The van der Waals surface area contributed by atoms with E-state index in [9.17, 15) is 9.90 Å². The van der Waals surface area contributed by atoms with Gasteiger partial charge < -0.3 is 14.7 Å². The van der Waals surface area contributed by atoms with Crippen molar-refractivity contribution in [3.63, 3.8) is 0 Å². The molecule has 1 heterocycles. The Morgan fingerprint density at radius 1 is 1.17 bits per heavy atom. The fourth-order valence-electron chi connectivity index (χ4n) is 4.20. The Balaban J connectivity index is 1.77. The Hall–Kier alpha value is -1.39. The molecule has 24 heavy (non-hydrogen) atoms. The van der Waals surface area contributed by atoms with Gasteiger partial charge in [0.25, 0.3) is 0 Å². The zero-order valence-corrected chi connectivity index (χ0v) is 14.6. The zero-order chi connectivity index (χ0) is 17.0. The van der Waals surface area contributed by atoms with Crippen LogP contribution in [-0.4, -0.2) is 42.2 Å². The molecule has 2 aliphatic rings. The second-order valence-electron chi connectivity index (χ2n) is 7.34. The zero-order valence-electron chi connectivity index (χ0n) is 14.6. The van der Waals surface area contributed by atoms with Crippen molar-refractivity contribution in [1.82, 2.24) is 4.90 Å². The van der Waals surface area contributed by atoms with Gasteiger partial charge in [-0.15, -0.1) is 0 Å². The number of rotatable bonds is 5. The fourth-order valence-corrected chi connectivity index (χ4v) is 4.20. The first-order chi connectivity index (χ1) is 11.6. The Morgan fingerprint density at radius 2 is 1.88 bits per heavy atom. The van der Waals surface area contributed by atoms with Crippen LogP contribution in [0.2, 0.25) is 0 Å². The van der Waals surface area contributed by atoms with Crippen LogP contribution in [0.15, 0.2) is 30.3 Å². The van der Waals surface area contributed by atoms with Crippen LogP contribution in [0, 0.1) is 5.92 Å². The van der Waals surface area contributed by atoms with E-state index in [0.29, 0.717) is 12.2 Å². The third-order valence-corrected chi connectivity index (χ3v) is 5.80. The molecule has 0 bridgehead atoms. The summed E-state index contributed by atoms with van der Waals surface area (Å²) < 4.78 is 5.64. The van der Waals surface area contributed by atoms with E-state index in [-0.39, 0.29) is 12.0 Å². The van der Waals surface area contributed by atoms with Crippen LogP contribution in [0.5, 0.6) is 0 Å². The lowest BCUT2D eigenvalue weighted by Crippen LogP contribution is -2.46. The molecule has 0 amide bonds. The maximum atomic E-state index is 12.9. The molecule has 0 radical (unpaired) electrons. The van der Waals surface area contributed by atoms with Crippen molar-refractivity contribution in [2.75, 3.05) is 20.2 Å². The first-order valence-corrected chi connectivity index (χ1v) is 9.27. The van der Waals surface area contributed by atoms with Crippen LogP contribution >= 0.6 is 0 Å². The maximum Gasteiger partial charge on any atom is 0.343 e. The lowest BCUT2D eigenvalue weighted by molar-refractivity contribution is -0.177. The highest BCUT2D eigenvalue weighted by molar-refractivity contribution is 5.81. The van der Waals surface area contributed by atoms with Gasteiger partial charge in [-0.1, -0.05) is 49.6 Å². The van der Waals surface area contributed by atoms with Gasteiger partial charge in [0.2, 0.25) is 0 Å². The summed E-state index contributed by atoms with van der Waals surface area (Å²) in [5, 5.41) is 11.4. The molecule has 3 rings (SSSR count). The molecule has 4 nitrogen and oxygen atoms in total. The van der Waals surface area contributed by atoms with Crippen molar-refractivity contribution in [3.8, 4) is 0 Å². The SMILES string of the molecule is CN1CCCC1COC(=O)C(O)(c1ccccc1)C1CCCCC1. The normalized spacial score (nSPS) is 25.3. The van der Waals surface area contributed by atoms with Crippen molar-refractivity contribution in [2.45, 2.75) is 56.6 Å². The Labute approximate surface area is 144 Å². The van der Waals surface area contributed by atoms with Crippen molar-refractivity contribution in [2.24, 2.45) is 5.92 Å².